The van der Waals surface area contributed by atoms with Gasteiger partial charge in [0, 0.05) is 0 Å². The summed E-state index contributed by atoms with van der Waals surface area (Å²) < 4.78 is 7.75. The van der Waals surface area contributed by atoms with Gasteiger partial charge in [-0.2, -0.15) is 0 Å². The van der Waals surface area contributed by atoms with Gasteiger partial charge in [-0.3, -0.25) is 9.59 Å². The summed E-state index contributed by atoms with van der Waals surface area (Å²) in [5, 5.41) is 0. The second-order valence-electron chi connectivity index (χ2n) is 3.68. The second-order valence-corrected chi connectivity index (χ2v) is 6.05. The number of esters is 2. The van der Waals surface area contributed by atoms with Crippen LogP contribution in [0.5, 0.6) is 0 Å². The fourth-order valence-corrected chi connectivity index (χ4v) is 1.33. The number of halogens is 3. The van der Waals surface area contributed by atoms with Crippen LogP contribution in [0.2, 0.25) is 0 Å². The highest BCUT2D eigenvalue weighted by atomic mass is 35.6. The number of rotatable bonds is 5. The predicted molar refractivity (Wildman–Crippen MR) is 70.9 cm³/mol. The molecule has 104 valence electrons. The molecule has 0 aromatic carbocycles. The molecule has 0 aromatic heterocycles. The van der Waals surface area contributed by atoms with Crippen LogP contribution in [0.25, 0.3) is 0 Å². The first-order valence-electron chi connectivity index (χ1n) is 5.23. The monoisotopic (exact) mass is 316 g/mol. The van der Waals surface area contributed by atoms with Gasteiger partial charge in [-0.25, -0.2) is 0 Å². The third kappa shape index (κ3) is 7.80. The van der Waals surface area contributed by atoms with Crippen LogP contribution in [0, 0.1) is 0 Å². The normalized spacial score (nSPS) is 12.6. The SMILES string of the molecule is CCOC(=O)CC(=O)O[C@H](C=C(C)C)C(Cl)(Cl)Cl. The van der Waals surface area contributed by atoms with Crippen LogP contribution >= 0.6 is 34.8 Å². The number of hydrogen-bond donors (Lipinski definition) is 0. The highest BCUT2D eigenvalue weighted by Crippen LogP contribution is 2.33. The van der Waals surface area contributed by atoms with Crippen molar-refractivity contribution in [2.24, 2.45) is 0 Å². The molecule has 0 aromatic rings. The highest BCUT2D eigenvalue weighted by Gasteiger charge is 2.34. The average molecular weight is 318 g/mol. The molecule has 0 bridgehead atoms. The van der Waals surface area contributed by atoms with Gasteiger partial charge in [0.15, 0.2) is 6.10 Å². The predicted octanol–water partition coefficient (Wildman–Crippen LogP) is 3.19. The van der Waals surface area contributed by atoms with Gasteiger partial charge >= 0.3 is 11.9 Å². The quantitative estimate of drug-likeness (QED) is 0.338. The first-order chi connectivity index (χ1) is 8.16. The molecule has 0 fully saturated rings. The van der Waals surface area contributed by atoms with Crippen LogP contribution in [-0.2, 0) is 19.1 Å². The van der Waals surface area contributed by atoms with E-state index in [1.54, 1.807) is 20.8 Å². The Balaban J connectivity index is 4.56. The topological polar surface area (TPSA) is 52.6 Å². The average Bonchev–Trinajstić information content (AvgIpc) is 2.14. The maximum Gasteiger partial charge on any atom is 0.317 e. The van der Waals surface area contributed by atoms with Gasteiger partial charge in [0.2, 0.25) is 3.79 Å². The molecule has 0 N–H and O–H groups in total. The molecule has 0 aliphatic heterocycles. The van der Waals surface area contributed by atoms with Crippen molar-refractivity contribution in [3.05, 3.63) is 11.6 Å². The lowest BCUT2D eigenvalue weighted by Gasteiger charge is -2.21. The van der Waals surface area contributed by atoms with Crippen LogP contribution in [-0.4, -0.2) is 28.4 Å². The molecule has 0 rings (SSSR count). The minimum absolute atomic E-state index is 0.188. The maximum absolute atomic E-state index is 11.4. The fraction of sp³-hybridized carbons (Fsp3) is 0.636. The van der Waals surface area contributed by atoms with Gasteiger partial charge in [-0.05, 0) is 26.8 Å². The summed E-state index contributed by atoms with van der Waals surface area (Å²) in [4.78, 5) is 22.5. The van der Waals surface area contributed by atoms with Crippen molar-refractivity contribution in [3.63, 3.8) is 0 Å². The Morgan fingerprint density at radius 3 is 2.17 bits per heavy atom. The summed E-state index contributed by atoms with van der Waals surface area (Å²) in [7, 11) is 0. The molecule has 0 aliphatic carbocycles. The van der Waals surface area contributed by atoms with Crippen LogP contribution in [0.1, 0.15) is 27.2 Å². The highest BCUT2D eigenvalue weighted by molar-refractivity contribution is 6.68. The van der Waals surface area contributed by atoms with E-state index in [9.17, 15) is 9.59 Å². The lowest BCUT2D eigenvalue weighted by atomic mass is 10.2. The summed E-state index contributed by atoms with van der Waals surface area (Å²) in [6, 6.07) is 0. The van der Waals surface area contributed by atoms with E-state index in [1.165, 1.54) is 6.08 Å². The van der Waals surface area contributed by atoms with Crippen LogP contribution in [0.15, 0.2) is 11.6 Å². The summed E-state index contributed by atoms with van der Waals surface area (Å²) >= 11 is 17.0. The van der Waals surface area contributed by atoms with E-state index in [4.69, 9.17) is 39.5 Å². The minimum atomic E-state index is -1.79. The van der Waals surface area contributed by atoms with Gasteiger partial charge in [0.1, 0.15) is 6.42 Å². The Kier molecular flexibility index (Phi) is 7.67. The van der Waals surface area contributed by atoms with Gasteiger partial charge < -0.3 is 9.47 Å². The first kappa shape index (κ1) is 17.6. The number of ether oxygens (including phenoxy) is 2. The van der Waals surface area contributed by atoms with E-state index in [0.717, 1.165) is 5.57 Å². The van der Waals surface area contributed by atoms with Crippen molar-refractivity contribution in [3.8, 4) is 0 Å². The first-order valence-corrected chi connectivity index (χ1v) is 6.37. The Morgan fingerprint density at radius 1 is 1.22 bits per heavy atom. The van der Waals surface area contributed by atoms with Crippen LogP contribution in [0.3, 0.4) is 0 Å². The molecule has 18 heavy (non-hydrogen) atoms. The van der Waals surface area contributed by atoms with Crippen molar-refractivity contribution in [2.45, 2.75) is 37.1 Å². The lowest BCUT2D eigenvalue weighted by molar-refractivity contribution is -0.156. The largest absolute Gasteiger partial charge is 0.466 e. The fourth-order valence-electron chi connectivity index (χ4n) is 1.01. The summed E-state index contributed by atoms with van der Waals surface area (Å²) in [5.41, 5.74) is 0.815. The van der Waals surface area contributed by atoms with E-state index in [-0.39, 0.29) is 6.61 Å². The molecule has 0 radical (unpaired) electrons. The van der Waals surface area contributed by atoms with Gasteiger partial charge in [-0.15, -0.1) is 0 Å². The zero-order chi connectivity index (χ0) is 14.3. The Labute approximate surface area is 121 Å². The minimum Gasteiger partial charge on any atom is -0.466 e. The summed E-state index contributed by atoms with van der Waals surface area (Å²) in [5.74, 6) is -1.48. The molecule has 0 unspecified atom stereocenters. The van der Waals surface area contributed by atoms with E-state index in [2.05, 4.69) is 4.74 Å². The molecule has 0 saturated heterocycles. The number of carbonyl (C=O) groups excluding carboxylic acids is 2. The Morgan fingerprint density at radius 2 is 1.78 bits per heavy atom. The standard InChI is InChI=1S/C11H15Cl3O4/c1-4-17-9(15)6-10(16)18-8(5-7(2)3)11(12,13)14/h5,8H,4,6H2,1-3H3/t8-/m1/s1. The number of alkyl halides is 3. The Hall–Kier alpha value is -0.450. The van der Waals surface area contributed by atoms with Gasteiger partial charge in [-0.1, -0.05) is 40.4 Å². The van der Waals surface area contributed by atoms with Crippen molar-refractivity contribution < 1.29 is 19.1 Å². The molecule has 0 heterocycles. The number of hydrogen-bond acceptors (Lipinski definition) is 4. The van der Waals surface area contributed by atoms with Gasteiger partial charge in [0.05, 0.1) is 6.61 Å². The molecule has 7 heteroatoms. The zero-order valence-electron chi connectivity index (χ0n) is 10.3. The molecule has 4 nitrogen and oxygen atoms in total. The van der Waals surface area contributed by atoms with Crippen molar-refractivity contribution >= 4 is 46.7 Å². The van der Waals surface area contributed by atoms with E-state index >= 15 is 0 Å². The lowest BCUT2D eigenvalue weighted by Crippen LogP contribution is -2.30. The van der Waals surface area contributed by atoms with Gasteiger partial charge in [0.25, 0.3) is 0 Å². The van der Waals surface area contributed by atoms with E-state index in [0.29, 0.717) is 0 Å². The number of allylic oxidation sites excluding steroid dienone is 1. The molecular formula is C11H15Cl3O4. The van der Waals surface area contributed by atoms with Crippen molar-refractivity contribution in [2.75, 3.05) is 6.61 Å². The summed E-state index contributed by atoms with van der Waals surface area (Å²) in [6.07, 6.45) is -0.0630. The molecule has 0 amide bonds. The summed E-state index contributed by atoms with van der Waals surface area (Å²) in [6.45, 7) is 5.36. The molecule has 1 atom stereocenters. The van der Waals surface area contributed by atoms with Crippen molar-refractivity contribution in [1.82, 2.24) is 0 Å². The third-order valence-electron chi connectivity index (χ3n) is 1.66. The maximum atomic E-state index is 11.4. The molecular weight excluding hydrogens is 302 g/mol. The molecule has 0 spiro atoms. The molecule has 0 aliphatic rings. The smallest absolute Gasteiger partial charge is 0.317 e. The van der Waals surface area contributed by atoms with Crippen LogP contribution < -0.4 is 0 Å². The van der Waals surface area contributed by atoms with Crippen LogP contribution in [0.4, 0.5) is 0 Å². The third-order valence-corrected chi connectivity index (χ3v) is 2.30. The van der Waals surface area contributed by atoms with E-state index < -0.39 is 28.3 Å². The van der Waals surface area contributed by atoms with Crippen molar-refractivity contribution in [1.29, 1.82) is 0 Å². The second kappa shape index (κ2) is 7.87. The molecule has 0 saturated carbocycles. The Bertz CT molecular complexity index is 330. The number of carbonyl (C=O) groups is 2. The van der Waals surface area contributed by atoms with E-state index in [1.807, 2.05) is 0 Å². The zero-order valence-corrected chi connectivity index (χ0v) is 12.6.